The van der Waals surface area contributed by atoms with Crippen molar-refractivity contribution in [2.24, 2.45) is 11.8 Å². The lowest BCUT2D eigenvalue weighted by Gasteiger charge is -2.45. The first kappa shape index (κ1) is 28.7. The summed E-state index contributed by atoms with van der Waals surface area (Å²) < 4.78 is 53.3. The third-order valence-electron chi connectivity index (χ3n) is 8.74. The lowest BCUT2D eigenvalue weighted by molar-refractivity contribution is -0.169. The molecule has 3 aliphatic rings. The maximum Gasteiger partial charge on any atom is 0.417 e. The minimum atomic E-state index is -4.80. The molecular formula is C27H36F3N3O4Si. The number of alkyl halides is 3. The summed E-state index contributed by atoms with van der Waals surface area (Å²) in [5.74, 6) is -2.74. The smallest absolute Gasteiger partial charge is 0.417 e. The summed E-state index contributed by atoms with van der Waals surface area (Å²) >= 11 is 0. The van der Waals surface area contributed by atoms with Crippen LogP contribution >= 0.6 is 0 Å². The van der Waals surface area contributed by atoms with Gasteiger partial charge in [0.2, 0.25) is 11.8 Å². The summed E-state index contributed by atoms with van der Waals surface area (Å²) in [6.07, 6.45) is -4.00. The van der Waals surface area contributed by atoms with Gasteiger partial charge < -0.3 is 9.16 Å². The van der Waals surface area contributed by atoms with Crippen LogP contribution in [0.5, 0.6) is 0 Å². The highest BCUT2D eigenvalue weighted by molar-refractivity contribution is 6.74. The van der Waals surface area contributed by atoms with Gasteiger partial charge in [0, 0.05) is 26.2 Å². The number of halogens is 3. The number of nitrogens with zero attached hydrogens (tertiary/aromatic N) is 3. The Kier molecular flexibility index (Phi) is 6.92. The summed E-state index contributed by atoms with van der Waals surface area (Å²) in [5, 5.41) is 9.22. The third-order valence-corrected chi connectivity index (χ3v) is 13.3. The second kappa shape index (κ2) is 9.15. The van der Waals surface area contributed by atoms with E-state index in [1.165, 1.54) is 12.1 Å². The number of rotatable bonds is 6. The Bertz CT molecular complexity index is 1160. The maximum atomic E-state index is 13.6. The van der Waals surface area contributed by atoms with E-state index < -0.39 is 60.5 Å². The van der Waals surface area contributed by atoms with Crippen LogP contribution < -0.4 is 4.90 Å². The SMILES string of the molecule is CC(C)(C)[Si](C)(C)OCCCN1C[C@@]2(C)O[C@](C)(C1)[C@@H]1C(=O)N(c3ccc(C#N)c(C(F)(F)F)c3)C(=O)C12. The van der Waals surface area contributed by atoms with E-state index in [2.05, 4.69) is 38.8 Å². The van der Waals surface area contributed by atoms with Gasteiger partial charge in [-0.3, -0.25) is 14.5 Å². The van der Waals surface area contributed by atoms with Crippen molar-refractivity contribution in [3.05, 3.63) is 29.3 Å². The van der Waals surface area contributed by atoms with E-state index in [0.717, 1.165) is 23.9 Å². The van der Waals surface area contributed by atoms with Gasteiger partial charge in [-0.2, -0.15) is 18.4 Å². The average molecular weight is 552 g/mol. The maximum absolute atomic E-state index is 13.6. The van der Waals surface area contributed by atoms with E-state index in [1.54, 1.807) is 0 Å². The van der Waals surface area contributed by atoms with Crippen molar-refractivity contribution in [2.75, 3.05) is 31.1 Å². The number of anilines is 1. The number of hydrogen-bond acceptors (Lipinski definition) is 6. The van der Waals surface area contributed by atoms with Crippen LogP contribution in [0.15, 0.2) is 18.2 Å². The highest BCUT2D eigenvalue weighted by atomic mass is 28.4. The number of carbonyl (C=O) groups excluding carboxylic acids is 2. The molecule has 11 heteroatoms. The predicted molar refractivity (Wildman–Crippen MR) is 138 cm³/mol. The highest BCUT2D eigenvalue weighted by Gasteiger charge is 2.71. The molecule has 3 heterocycles. The molecule has 0 aromatic heterocycles. The van der Waals surface area contributed by atoms with Crippen molar-refractivity contribution in [3.63, 3.8) is 0 Å². The Morgan fingerprint density at radius 1 is 1.11 bits per heavy atom. The largest absolute Gasteiger partial charge is 0.417 e. The van der Waals surface area contributed by atoms with Gasteiger partial charge in [0.1, 0.15) is 0 Å². The molecule has 3 saturated heterocycles. The van der Waals surface area contributed by atoms with E-state index >= 15 is 0 Å². The van der Waals surface area contributed by atoms with E-state index in [9.17, 15) is 22.8 Å². The quantitative estimate of drug-likeness (QED) is 0.283. The predicted octanol–water partition coefficient (Wildman–Crippen LogP) is 4.96. The third kappa shape index (κ3) is 4.70. The van der Waals surface area contributed by atoms with Gasteiger partial charge in [0.25, 0.3) is 0 Å². The van der Waals surface area contributed by atoms with E-state index in [-0.39, 0.29) is 10.7 Å². The van der Waals surface area contributed by atoms with Gasteiger partial charge in [-0.05, 0) is 56.6 Å². The minimum absolute atomic E-state index is 0.117. The van der Waals surface area contributed by atoms with Crippen molar-refractivity contribution in [3.8, 4) is 6.07 Å². The molecule has 38 heavy (non-hydrogen) atoms. The number of fused-ring (bicyclic) bond motifs is 5. The van der Waals surface area contributed by atoms with Gasteiger partial charge in [-0.15, -0.1) is 0 Å². The Morgan fingerprint density at radius 2 is 1.66 bits per heavy atom. The zero-order valence-corrected chi connectivity index (χ0v) is 24.0. The van der Waals surface area contributed by atoms with Gasteiger partial charge in [-0.25, -0.2) is 4.90 Å². The van der Waals surface area contributed by atoms with Crippen LogP contribution in [0.2, 0.25) is 18.1 Å². The number of imide groups is 1. The lowest BCUT2D eigenvalue weighted by atomic mass is 9.79. The van der Waals surface area contributed by atoms with Gasteiger partial charge in [-0.1, -0.05) is 20.8 Å². The average Bonchev–Trinajstić information content (AvgIpc) is 3.15. The summed E-state index contributed by atoms with van der Waals surface area (Å²) in [5.41, 5.74) is -3.83. The van der Waals surface area contributed by atoms with Crippen LogP contribution in [0.4, 0.5) is 18.9 Å². The second-order valence-corrected chi connectivity index (χ2v) is 17.5. The number of nitriles is 1. The standard InChI is InChI=1S/C27H36F3N3O4Si/c1-24(2,3)38(6,7)36-12-8-11-32-15-25(4)20-21(26(5,16-32)37-25)23(35)33(22(20)34)18-10-9-17(14-31)19(13-18)27(28,29)30/h9-10,13,20-21H,8,11-12,15-16H2,1-7H3/t20-,21?,25+,26+/m0/s1. The molecule has 7 nitrogen and oxygen atoms in total. The van der Waals surface area contributed by atoms with Crippen molar-refractivity contribution >= 4 is 25.8 Å². The number of carbonyl (C=O) groups is 2. The molecule has 0 saturated carbocycles. The monoisotopic (exact) mass is 551 g/mol. The topological polar surface area (TPSA) is 82.9 Å². The molecule has 0 aliphatic carbocycles. The van der Waals surface area contributed by atoms with Crippen molar-refractivity contribution < 1.29 is 31.9 Å². The first-order valence-corrected chi connectivity index (χ1v) is 15.8. The fourth-order valence-electron chi connectivity index (χ4n) is 6.01. The molecule has 1 aromatic carbocycles. The van der Waals surface area contributed by atoms with E-state index in [1.807, 2.05) is 13.8 Å². The molecule has 1 unspecified atom stereocenters. The molecule has 208 valence electrons. The molecular weight excluding hydrogens is 515 g/mol. The Balaban J connectivity index is 1.52. The van der Waals surface area contributed by atoms with Gasteiger partial charge in [0.05, 0.1) is 45.9 Å². The molecule has 3 aliphatic heterocycles. The fourth-order valence-corrected chi connectivity index (χ4v) is 7.10. The fraction of sp³-hybridized carbons (Fsp3) is 0.667. The molecule has 3 fully saturated rings. The van der Waals surface area contributed by atoms with Crippen LogP contribution in [0.25, 0.3) is 0 Å². The molecule has 4 atom stereocenters. The normalized spacial score (nSPS) is 30.1. The Hall–Kier alpha value is -2.26. The summed E-state index contributed by atoms with van der Waals surface area (Å²) in [4.78, 5) is 30.3. The van der Waals surface area contributed by atoms with Gasteiger partial charge in [0.15, 0.2) is 8.32 Å². The molecule has 2 bridgehead atoms. The Morgan fingerprint density at radius 3 is 2.13 bits per heavy atom. The number of morpholine rings is 1. The van der Waals surface area contributed by atoms with Crippen molar-refractivity contribution in [1.82, 2.24) is 4.90 Å². The second-order valence-electron chi connectivity index (χ2n) is 12.7. The number of ether oxygens (including phenoxy) is 1. The summed E-state index contributed by atoms with van der Waals surface area (Å²) in [6, 6.07) is 4.46. The summed E-state index contributed by atoms with van der Waals surface area (Å²) in [6.45, 7) is 16.8. The van der Waals surface area contributed by atoms with Gasteiger partial charge >= 0.3 is 6.18 Å². The zero-order chi connectivity index (χ0) is 28.5. The lowest BCUT2D eigenvalue weighted by Crippen LogP contribution is -2.58. The molecule has 2 amide bonds. The molecule has 4 rings (SSSR count). The molecule has 0 N–H and O–H groups in total. The molecule has 0 radical (unpaired) electrons. The molecule has 0 spiro atoms. The van der Waals surface area contributed by atoms with Crippen LogP contribution in [0, 0.1) is 23.2 Å². The first-order valence-electron chi connectivity index (χ1n) is 12.9. The first-order chi connectivity index (χ1) is 17.3. The van der Waals surface area contributed by atoms with Crippen LogP contribution in [0.1, 0.15) is 52.2 Å². The summed E-state index contributed by atoms with van der Waals surface area (Å²) in [7, 11) is -1.86. The van der Waals surface area contributed by atoms with E-state index in [4.69, 9.17) is 14.4 Å². The van der Waals surface area contributed by atoms with Crippen LogP contribution in [-0.2, 0) is 24.9 Å². The zero-order valence-electron chi connectivity index (χ0n) is 23.0. The van der Waals surface area contributed by atoms with E-state index in [0.29, 0.717) is 25.8 Å². The van der Waals surface area contributed by atoms with Crippen LogP contribution in [-0.4, -0.2) is 62.5 Å². The number of likely N-dealkylation sites (tertiary alicyclic amines) is 1. The number of amides is 2. The number of benzene rings is 1. The molecule has 1 aromatic rings. The van der Waals surface area contributed by atoms with Crippen molar-refractivity contribution in [2.45, 2.75) is 76.6 Å². The number of hydrogen-bond donors (Lipinski definition) is 0. The minimum Gasteiger partial charge on any atom is -0.417 e. The van der Waals surface area contributed by atoms with Crippen molar-refractivity contribution in [1.29, 1.82) is 5.26 Å². The van der Waals surface area contributed by atoms with Crippen LogP contribution in [0.3, 0.4) is 0 Å². The Labute approximate surface area is 223 Å². The highest BCUT2D eigenvalue weighted by Crippen LogP contribution is 2.55.